The Labute approximate surface area is 205 Å². The van der Waals surface area contributed by atoms with Crippen molar-refractivity contribution in [1.82, 2.24) is 10.4 Å². The normalized spacial score (nSPS) is 11.9. The van der Waals surface area contributed by atoms with Gasteiger partial charge in [0.25, 0.3) is 5.91 Å². The summed E-state index contributed by atoms with van der Waals surface area (Å²) in [6.07, 6.45) is 1.09. The highest BCUT2D eigenvalue weighted by Gasteiger charge is 2.15. The molecule has 0 saturated carbocycles. The van der Waals surface area contributed by atoms with Crippen molar-refractivity contribution in [1.29, 1.82) is 0 Å². The Morgan fingerprint density at radius 2 is 1.71 bits per heavy atom. The van der Waals surface area contributed by atoms with E-state index in [1.807, 2.05) is 50.2 Å². The minimum absolute atomic E-state index is 0.361. The van der Waals surface area contributed by atoms with Crippen LogP contribution in [-0.4, -0.2) is 31.3 Å². The molecule has 7 nitrogen and oxygen atoms in total. The number of nitrogens with zero attached hydrogens (tertiary/aromatic N) is 2. The van der Waals surface area contributed by atoms with Gasteiger partial charge in [0, 0.05) is 16.6 Å². The first-order valence-electron chi connectivity index (χ1n) is 11.0. The first kappa shape index (κ1) is 24.1. The van der Waals surface area contributed by atoms with E-state index in [0.717, 1.165) is 39.5 Å². The smallest absolute Gasteiger partial charge is 0.272 e. The highest BCUT2D eigenvalue weighted by molar-refractivity contribution is 7.92. The van der Waals surface area contributed by atoms with Crippen LogP contribution in [0.1, 0.15) is 34.0 Å². The van der Waals surface area contributed by atoms with E-state index < -0.39 is 10.0 Å². The second kappa shape index (κ2) is 9.68. The molecule has 0 atom stereocenters. The third-order valence-corrected chi connectivity index (χ3v) is 6.15. The summed E-state index contributed by atoms with van der Waals surface area (Å²) in [6, 6.07) is 22.3. The monoisotopic (exact) mass is 486 g/mol. The number of fused-ring (bicyclic) bond motifs is 1. The van der Waals surface area contributed by atoms with Crippen molar-refractivity contribution >= 4 is 38.2 Å². The Balaban J connectivity index is 1.68. The molecule has 0 fully saturated rings. The zero-order valence-corrected chi connectivity index (χ0v) is 20.8. The molecule has 0 unspecified atom stereocenters. The van der Waals surface area contributed by atoms with Crippen molar-refractivity contribution in [2.75, 3.05) is 11.0 Å². The molecule has 0 aliphatic carbocycles. The number of amides is 1. The van der Waals surface area contributed by atoms with Crippen molar-refractivity contribution in [3.63, 3.8) is 0 Å². The van der Waals surface area contributed by atoms with Crippen LogP contribution in [-0.2, 0) is 10.0 Å². The van der Waals surface area contributed by atoms with Gasteiger partial charge in [-0.25, -0.2) is 18.8 Å². The van der Waals surface area contributed by atoms with E-state index in [9.17, 15) is 13.2 Å². The van der Waals surface area contributed by atoms with Gasteiger partial charge in [-0.1, -0.05) is 48.0 Å². The van der Waals surface area contributed by atoms with Crippen LogP contribution in [0, 0.1) is 13.8 Å². The standard InChI is InChI=1S/C27H26N4O3S/c1-17-12-13-18(2)23(14-17)26-16-24(22-10-5-6-11-25(22)28-26)27(32)30-29-19(3)20-8-7-9-21(15-20)31-35(4,33)34/h5-16,31H,1-4H3,(H,30,32)/b29-19+. The number of rotatable bonds is 6. The van der Waals surface area contributed by atoms with Crippen molar-refractivity contribution in [3.05, 3.63) is 95.1 Å². The molecule has 35 heavy (non-hydrogen) atoms. The summed E-state index contributed by atoms with van der Waals surface area (Å²) in [5.41, 5.74) is 9.33. The van der Waals surface area contributed by atoms with Gasteiger partial charge in [-0.3, -0.25) is 9.52 Å². The minimum atomic E-state index is -3.40. The van der Waals surface area contributed by atoms with Gasteiger partial charge in [0.1, 0.15) is 0 Å². The Morgan fingerprint density at radius 1 is 0.943 bits per heavy atom. The Morgan fingerprint density at radius 3 is 2.49 bits per heavy atom. The largest absolute Gasteiger partial charge is 0.284 e. The number of carbonyl (C=O) groups is 1. The number of carbonyl (C=O) groups excluding carboxylic acids is 1. The van der Waals surface area contributed by atoms with Crippen molar-refractivity contribution in [3.8, 4) is 11.3 Å². The van der Waals surface area contributed by atoms with Crippen LogP contribution in [0.2, 0.25) is 0 Å². The van der Waals surface area contributed by atoms with Crippen LogP contribution in [0.25, 0.3) is 22.2 Å². The fraction of sp³-hybridized carbons (Fsp3) is 0.148. The maximum Gasteiger partial charge on any atom is 0.272 e. The Bertz CT molecular complexity index is 1580. The third-order valence-electron chi connectivity index (χ3n) is 5.54. The average molecular weight is 487 g/mol. The van der Waals surface area contributed by atoms with E-state index in [4.69, 9.17) is 4.98 Å². The van der Waals surface area contributed by atoms with E-state index in [2.05, 4.69) is 21.3 Å². The average Bonchev–Trinajstić information content (AvgIpc) is 2.82. The number of hydrogen-bond acceptors (Lipinski definition) is 5. The topological polar surface area (TPSA) is 101 Å². The van der Waals surface area contributed by atoms with Crippen LogP contribution < -0.4 is 10.1 Å². The Hall–Kier alpha value is -4.04. The summed E-state index contributed by atoms with van der Waals surface area (Å²) >= 11 is 0. The molecule has 0 spiro atoms. The van der Waals surface area contributed by atoms with Gasteiger partial charge < -0.3 is 0 Å². The van der Waals surface area contributed by atoms with Gasteiger partial charge >= 0.3 is 0 Å². The molecule has 1 heterocycles. The Kier molecular flexibility index (Phi) is 6.66. The molecule has 178 valence electrons. The number of aromatic nitrogens is 1. The summed E-state index contributed by atoms with van der Waals surface area (Å²) in [5, 5.41) is 5.00. The lowest BCUT2D eigenvalue weighted by Crippen LogP contribution is -2.20. The number of hydrazone groups is 1. The van der Waals surface area contributed by atoms with Crippen molar-refractivity contribution < 1.29 is 13.2 Å². The lowest BCUT2D eigenvalue weighted by molar-refractivity contribution is 0.0956. The number of aryl methyl sites for hydroxylation is 2. The fourth-order valence-electron chi connectivity index (χ4n) is 3.79. The van der Waals surface area contributed by atoms with E-state index in [1.165, 1.54) is 0 Å². The van der Waals surface area contributed by atoms with Gasteiger partial charge in [-0.15, -0.1) is 0 Å². The summed E-state index contributed by atoms with van der Waals surface area (Å²) in [7, 11) is -3.40. The summed E-state index contributed by atoms with van der Waals surface area (Å²) in [6.45, 7) is 5.79. The molecule has 2 N–H and O–H groups in total. The molecule has 3 aromatic carbocycles. The zero-order chi connectivity index (χ0) is 25.2. The number of sulfonamides is 1. The predicted octanol–water partition coefficient (Wildman–Crippen LogP) is 5.04. The summed E-state index contributed by atoms with van der Waals surface area (Å²) < 4.78 is 25.5. The highest BCUT2D eigenvalue weighted by Crippen LogP contribution is 2.28. The van der Waals surface area contributed by atoms with Gasteiger partial charge in [-0.05, 0) is 62.2 Å². The van der Waals surface area contributed by atoms with Crippen LogP contribution in [0.5, 0.6) is 0 Å². The molecule has 4 aromatic rings. The fourth-order valence-corrected chi connectivity index (χ4v) is 4.35. The highest BCUT2D eigenvalue weighted by atomic mass is 32.2. The number of anilines is 1. The lowest BCUT2D eigenvalue weighted by atomic mass is 9.99. The molecular formula is C27H26N4O3S. The second-order valence-corrected chi connectivity index (χ2v) is 10.2. The molecule has 4 rings (SSSR count). The molecule has 0 aliphatic rings. The molecule has 8 heteroatoms. The molecular weight excluding hydrogens is 460 g/mol. The van der Waals surface area contributed by atoms with E-state index in [-0.39, 0.29) is 5.91 Å². The second-order valence-electron chi connectivity index (χ2n) is 8.48. The zero-order valence-electron chi connectivity index (χ0n) is 20.0. The molecule has 1 aromatic heterocycles. The molecule has 0 bridgehead atoms. The SMILES string of the molecule is C/C(=N\NC(=O)c1cc(-c2cc(C)ccc2C)nc2ccccc12)c1cccc(NS(C)(=O)=O)c1. The number of benzene rings is 3. The van der Waals surface area contributed by atoms with Crippen LogP contribution in [0.3, 0.4) is 0 Å². The number of para-hydroxylation sites is 1. The van der Waals surface area contributed by atoms with Crippen LogP contribution in [0.15, 0.2) is 77.9 Å². The molecule has 1 amide bonds. The van der Waals surface area contributed by atoms with Crippen LogP contribution >= 0.6 is 0 Å². The number of pyridine rings is 1. The predicted molar refractivity (Wildman–Crippen MR) is 141 cm³/mol. The van der Waals surface area contributed by atoms with Gasteiger partial charge in [-0.2, -0.15) is 5.10 Å². The summed E-state index contributed by atoms with van der Waals surface area (Å²) in [5.74, 6) is -0.361. The van der Waals surface area contributed by atoms with Gasteiger partial charge in [0.15, 0.2) is 0 Å². The summed E-state index contributed by atoms with van der Waals surface area (Å²) in [4.78, 5) is 18.0. The van der Waals surface area contributed by atoms with Crippen molar-refractivity contribution in [2.24, 2.45) is 5.10 Å². The number of nitrogens with one attached hydrogen (secondary N) is 2. The van der Waals surface area contributed by atoms with Gasteiger partial charge in [0.2, 0.25) is 10.0 Å². The van der Waals surface area contributed by atoms with Crippen molar-refractivity contribution in [2.45, 2.75) is 20.8 Å². The van der Waals surface area contributed by atoms with E-state index >= 15 is 0 Å². The maximum atomic E-state index is 13.2. The minimum Gasteiger partial charge on any atom is -0.284 e. The van der Waals surface area contributed by atoms with E-state index in [0.29, 0.717) is 22.5 Å². The molecule has 0 radical (unpaired) electrons. The quantitative estimate of drug-likeness (QED) is 0.294. The first-order valence-corrected chi connectivity index (χ1v) is 12.9. The maximum absolute atomic E-state index is 13.2. The van der Waals surface area contributed by atoms with E-state index in [1.54, 1.807) is 37.3 Å². The third kappa shape index (κ3) is 5.73. The molecule has 0 aliphatic heterocycles. The molecule has 0 saturated heterocycles. The number of hydrogen-bond donors (Lipinski definition) is 2. The lowest BCUT2D eigenvalue weighted by Gasteiger charge is -2.12. The van der Waals surface area contributed by atoms with Gasteiger partial charge in [0.05, 0.1) is 28.7 Å². The first-order chi connectivity index (χ1) is 16.6. The van der Waals surface area contributed by atoms with Crippen LogP contribution in [0.4, 0.5) is 5.69 Å².